The van der Waals surface area contributed by atoms with E-state index >= 15 is 0 Å². The van der Waals surface area contributed by atoms with Gasteiger partial charge in [0.15, 0.2) is 0 Å². The number of nitrogens with zero attached hydrogens (tertiary/aromatic N) is 3. The molecule has 2 N–H and O–H groups in total. The fraction of sp³-hybridized carbons (Fsp3) is 0.625. The molecule has 11 heteroatoms. The maximum Gasteiger partial charge on any atom is 0.404 e. The molecular formula is C24H34N4O6S. The summed E-state index contributed by atoms with van der Waals surface area (Å²) in [5.41, 5.74) is 6.69. The number of nitrogens with two attached hydrogens (primary N) is 1. The molecule has 10 nitrogen and oxygen atoms in total. The van der Waals surface area contributed by atoms with Crippen LogP contribution in [-0.4, -0.2) is 84.5 Å². The van der Waals surface area contributed by atoms with E-state index in [1.165, 1.54) is 0 Å². The molecule has 0 unspecified atom stereocenters. The predicted molar refractivity (Wildman–Crippen MR) is 129 cm³/mol. The number of carbonyl (C=O) groups excluding carboxylic acids is 3. The maximum atomic E-state index is 13.4. The summed E-state index contributed by atoms with van der Waals surface area (Å²) < 4.78 is 30.8. The highest BCUT2D eigenvalue weighted by Crippen LogP contribution is 2.41. The molecule has 3 fully saturated rings. The first kappa shape index (κ1) is 25.4. The molecule has 3 aliphatic rings. The minimum absolute atomic E-state index is 0.0879. The third kappa shape index (κ3) is 5.16. The van der Waals surface area contributed by atoms with E-state index < -0.39 is 40.0 Å². The topological polar surface area (TPSA) is 130 Å². The third-order valence-electron chi connectivity index (χ3n) is 7.35. The molecule has 0 spiro atoms. The van der Waals surface area contributed by atoms with E-state index in [9.17, 15) is 22.8 Å². The third-order valence-corrected chi connectivity index (χ3v) is 8.52. The zero-order chi connectivity index (χ0) is 25.5. The first-order valence-electron chi connectivity index (χ1n) is 12.1. The van der Waals surface area contributed by atoms with Gasteiger partial charge < -0.3 is 15.4 Å². The van der Waals surface area contributed by atoms with E-state index in [1.54, 1.807) is 17.0 Å². The van der Waals surface area contributed by atoms with Crippen LogP contribution < -0.4 is 5.73 Å². The Morgan fingerprint density at radius 2 is 1.71 bits per heavy atom. The van der Waals surface area contributed by atoms with E-state index in [-0.39, 0.29) is 17.9 Å². The first-order valence-corrected chi connectivity index (χ1v) is 13.9. The van der Waals surface area contributed by atoms with Gasteiger partial charge in [-0.05, 0) is 42.9 Å². The van der Waals surface area contributed by atoms with E-state index in [0.29, 0.717) is 18.5 Å². The molecule has 0 aromatic heterocycles. The lowest BCUT2D eigenvalue weighted by atomic mass is 9.88. The van der Waals surface area contributed by atoms with Crippen LogP contribution in [0.2, 0.25) is 0 Å². The van der Waals surface area contributed by atoms with Gasteiger partial charge >= 0.3 is 6.09 Å². The van der Waals surface area contributed by atoms with Crippen molar-refractivity contribution in [1.82, 2.24) is 14.1 Å². The summed E-state index contributed by atoms with van der Waals surface area (Å²) in [6.45, 7) is 6.50. The Balaban J connectivity index is 1.43. The molecule has 4 rings (SSSR count). The summed E-state index contributed by atoms with van der Waals surface area (Å²) in [7, 11) is -3.70. The van der Waals surface area contributed by atoms with E-state index in [4.69, 9.17) is 10.5 Å². The summed E-state index contributed by atoms with van der Waals surface area (Å²) in [6, 6.07) is 6.49. The van der Waals surface area contributed by atoms with Crippen molar-refractivity contribution in [2.45, 2.75) is 57.8 Å². The van der Waals surface area contributed by atoms with Gasteiger partial charge in [-0.3, -0.25) is 14.5 Å². The van der Waals surface area contributed by atoms with Crippen LogP contribution in [0.25, 0.3) is 0 Å². The molecule has 3 amide bonds. The molecule has 0 aliphatic carbocycles. The van der Waals surface area contributed by atoms with Gasteiger partial charge in [-0.15, -0.1) is 0 Å². The van der Waals surface area contributed by atoms with Crippen LogP contribution in [-0.2, 0) is 26.1 Å². The molecule has 3 heterocycles. The van der Waals surface area contributed by atoms with Crippen LogP contribution in [0, 0.1) is 11.8 Å². The number of primary amides is 1. The number of ether oxygens (including phenoxy) is 1. The summed E-state index contributed by atoms with van der Waals surface area (Å²) in [4.78, 5) is 41.3. The van der Waals surface area contributed by atoms with Crippen molar-refractivity contribution in [3.05, 3.63) is 35.4 Å². The Morgan fingerprint density at radius 3 is 2.26 bits per heavy atom. The molecule has 0 saturated carbocycles. The lowest BCUT2D eigenvalue weighted by Gasteiger charge is -2.31. The molecule has 3 atom stereocenters. The monoisotopic (exact) mass is 506 g/mol. The molecule has 3 aliphatic heterocycles. The number of rotatable bonds is 6. The molecule has 0 bridgehead atoms. The molecule has 1 aromatic carbocycles. The fourth-order valence-electron chi connectivity index (χ4n) is 5.80. The number of amides is 3. The van der Waals surface area contributed by atoms with E-state index in [1.807, 2.05) is 26.0 Å². The predicted octanol–water partition coefficient (Wildman–Crippen LogP) is 1.40. The number of piperidine rings is 1. The molecule has 1 aromatic rings. The van der Waals surface area contributed by atoms with Crippen molar-refractivity contribution in [2.75, 3.05) is 25.9 Å². The Morgan fingerprint density at radius 1 is 1.09 bits per heavy atom. The zero-order valence-electron chi connectivity index (χ0n) is 20.4. The standard InChI is InChI=1S/C24H34N4O6S/c1-15(2)20-21-19(28(23(20)30)35(3,32)33)10-13-27(21)22(29)17-6-4-16(5-7-17)14-26-11-8-18(9-12-26)34-24(25)31/h4-7,15,18-21H,8-14H2,1-3H3,(H2,25,31)/t19-,20+,21-/m0/s1. The number of hydrogen-bond donors (Lipinski definition) is 1. The number of sulfonamides is 1. The second-order valence-corrected chi connectivity index (χ2v) is 12.0. The van der Waals surface area contributed by atoms with E-state index in [2.05, 4.69) is 4.90 Å². The lowest BCUT2D eigenvalue weighted by Crippen LogP contribution is -2.44. The molecule has 192 valence electrons. The summed E-state index contributed by atoms with van der Waals surface area (Å²) in [6.07, 6.45) is 2.10. The minimum Gasteiger partial charge on any atom is -0.446 e. The summed E-state index contributed by atoms with van der Waals surface area (Å²) in [5, 5.41) is 0. The van der Waals surface area contributed by atoms with E-state index in [0.717, 1.165) is 48.6 Å². The van der Waals surface area contributed by atoms with Crippen molar-refractivity contribution < 1.29 is 27.5 Å². The Kier molecular flexibility index (Phi) is 7.10. The number of likely N-dealkylation sites (tertiary alicyclic amines) is 2. The molecule has 0 radical (unpaired) electrons. The number of benzene rings is 1. The van der Waals surface area contributed by atoms with Crippen LogP contribution >= 0.6 is 0 Å². The highest BCUT2D eigenvalue weighted by Gasteiger charge is 2.58. The molecule has 35 heavy (non-hydrogen) atoms. The van der Waals surface area contributed by atoms with Gasteiger partial charge in [-0.25, -0.2) is 17.5 Å². The Labute approximate surface area is 206 Å². The molecule has 3 saturated heterocycles. The summed E-state index contributed by atoms with van der Waals surface area (Å²) in [5.74, 6) is -1.21. The van der Waals surface area contributed by atoms with Crippen molar-refractivity contribution in [2.24, 2.45) is 17.6 Å². The van der Waals surface area contributed by atoms with Gasteiger partial charge in [0.25, 0.3) is 5.91 Å². The van der Waals surface area contributed by atoms with Crippen molar-refractivity contribution in [3.8, 4) is 0 Å². The van der Waals surface area contributed by atoms with Gasteiger partial charge in [0.05, 0.1) is 24.3 Å². The number of fused-ring (bicyclic) bond motifs is 1. The largest absolute Gasteiger partial charge is 0.446 e. The van der Waals surface area contributed by atoms with Crippen LogP contribution in [0.4, 0.5) is 4.79 Å². The van der Waals surface area contributed by atoms with Crippen LogP contribution in [0.3, 0.4) is 0 Å². The smallest absolute Gasteiger partial charge is 0.404 e. The van der Waals surface area contributed by atoms with Crippen molar-refractivity contribution in [1.29, 1.82) is 0 Å². The normalized spacial score (nSPS) is 25.8. The average Bonchev–Trinajstić information content (AvgIpc) is 3.30. The molecular weight excluding hydrogens is 472 g/mol. The Hall–Kier alpha value is -2.66. The SMILES string of the molecule is CC(C)[C@H]1C(=O)N(S(C)(=O)=O)[C@H]2CCN(C(=O)c3ccc(CN4CCC(OC(N)=O)CC4)cc3)[C@H]12. The minimum atomic E-state index is -3.70. The quantitative estimate of drug-likeness (QED) is 0.617. The number of carbonyl (C=O) groups is 3. The zero-order valence-corrected chi connectivity index (χ0v) is 21.2. The summed E-state index contributed by atoms with van der Waals surface area (Å²) >= 11 is 0. The Bertz CT molecular complexity index is 1080. The van der Waals surface area contributed by atoms with Gasteiger partial charge in [0.1, 0.15) is 6.10 Å². The van der Waals surface area contributed by atoms with Crippen molar-refractivity contribution >= 4 is 27.9 Å². The van der Waals surface area contributed by atoms with Gasteiger partial charge in [0.2, 0.25) is 15.9 Å². The number of hydrogen-bond acceptors (Lipinski definition) is 7. The average molecular weight is 507 g/mol. The lowest BCUT2D eigenvalue weighted by molar-refractivity contribution is -0.129. The fourth-order valence-corrected chi connectivity index (χ4v) is 6.97. The van der Waals surface area contributed by atoms with Gasteiger partial charge in [-0.2, -0.15) is 0 Å². The van der Waals surface area contributed by atoms with Crippen LogP contribution in [0.1, 0.15) is 49.0 Å². The van der Waals surface area contributed by atoms with Gasteiger partial charge in [0, 0.05) is 31.7 Å². The van der Waals surface area contributed by atoms with Gasteiger partial charge in [-0.1, -0.05) is 26.0 Å². The second kappa shape index (κ2) is 9.77. The first-order chi connectivity index (χ1) is 16.5. The highest BCUT2D eigenvalue weighted by molar-refractivity contribution is 7.88. The van der Waals surface area contributed by atoms with Crippen LogP contribution in [0.5, 0.6) is 0 Å². The van der Waals surface area contributed by atoms with Crippen molar-refractivity contribution in [3.63, 3.8) is 0 Å². The maximum absolute atomic E-state index is 13.4. The van der Waals surface area contributed by atoms with Crippen LogP contribution in [0.15, 0.2) is 24.3 Å². The highest BCUT2D eigenvalue weighted by atomic mass is 32.2. The second-order valence-electron chi connectivity index (χ2n) is 10.1.